The molecule has 12 heavy (non-hydrogen) atoms. The standard InChI is InChI=1S/C6H2Cl2O2S2/c7-6-2-1-5(11-6)3-4-12(8,9)10/h1-2H. The average molecular weight is 241 g/mol. The van der Waals surface area contributed by atoms with Crippen molar-refractivity contribution in [2.45, 2.75) is 0 Å². The molecule has 0 saturated heterocycles. The van der Waals surface area contributed by atoms with E-state index in [0.29, 0.717) is 9.21 Å². The summed E-state index contributed by atoms with van der Waals surface area (Å²) in [6.45, 7) is 0. The van der Waals surface area contributed by atoms with Crippen LogP contribution >= 0.6 is 33.6 Å². The first-order valence-corrected chi connectivity index (χ1v) is 6.20. The minimum atomic E-state index is -3.74. The lowest BCUT2D eigenvalue weighted by Gasteiger charge is -1.75. The molecule has 6 heteroatoms. The fraction of sp³-hybridized carbons (Fsp3) is 0. The van der Waals surface area contributed by atoms with E-state index >= 15 is 0 Å². The zero-order valence-electron chi connectivity index (χ0n) is 5.54. The lowest BCUT2D eigenvalue weighted by molar-refractivity contribution is 0.618. The molecule has 1 aromatic rings. The summed E-state index contributed by atoms with van der Waals surface area (Å²) in [7, 11) is 1.12. The second kappa shape index (κ2) is 3.67. The van der Waals surface area contributed by atoms with Crippen LogP contribution in [0.1, 0.15) is 4.88 Å². The molecule has 1 aromatic heterocycles. The molecule has 64 valence electrons. The Morgan fingerprint density at radius 1 is 1.42 bits per heavy atom. The van der Waals surface area contributed by atoms with Gasteiger partial charge in [0.1, 0.15) is 0 Å². The molecule has 1 rings (SSSR count). The summed E-state index contributed by atoms with van der Waals surface area (Å²) in [6.07, 6.45) is 0. The van der Waals surface area contributed by atoms with Crippen LogP contribution in [0, 0.1) is 11.2 Å². The second-order valence-electron chi connectivity index (χ2n) is 1.77. The van der Waals surface area contributed by atoms with Gasteiger partial charge in [0.15, 0.2) is 0 Å². The molecule has 0 unspecified atom stereocenters. The first-order chi connectivity index (χ1) is 5.47. The maximum Gasteiger partial charge on any atom is 0.301 e. The van der Waals surface area contributed by atoms with Gasteiger partial charge in [-0.25, -0.2) is 0 Å². The van der Waals surface area contributed by atoms with Crippen molar-refractivity contribution in [2.75, 3.05) is 0 Å². The third-order valence-electron chi connectivity index (χ3n) is 0.869. The van der Waals surface area contributed by atoms with Crippen LogP contribution in [0.4, 0.5) is 0 Å². The highest BCUT2D eigenvalue weighted by Crippen LogP contribution is 2.20. The predicted octanol–water partition coefficient (Wildman–Crippen LogP) is 2.28. The molecule has 0 aliphatic heterocycles. The molecule has 0 bridgehead atoms. The van der Waals surface area contributed by atoms with Crippen molar-refractivity contribution in [1.82, 2.24) is 0 Å². The van der Waals surface area contributed by atoms with Crippen LogP contribution in [0.5, 0.6) is 0 Å². The highest BCUT2D eigenvalue weighted by Gasteiger charge is 1.97. The minimum absolute atomic E-state index is 0.561. The first-order valence-electron chi connectivity index (χ1n) is 2.70. The SMILES string of the molecule is O=S(=O)(Cl)C#Cc1ccc(Cl)s1. The number of hydrogen-bond acceptors (Lipinski definition) is 3. The minimum Gasteiger partial charge on any atom is -0.198 e. The molecule has 0 radical (unpaired) electrons. The molecule has 1 heterocycles. The van der Waals surface area contributed by atoms with Crippen LogP contribution in [-0.2, 0) is 9.05 Å². The molecule has 0 aliphatic rings. The smallest absolute Gasteiger partial charge is 0.198 e. The van der Waals surface area contributed by atoms with Crippen molar-refractivity contribution < 1.29 is 8.42 Å². The Hall–Kier alpha value is -0.210. The van der Waals surface area contributed by atoms with E-state index in [1.54, 1.807) is 12.1 Å². The first kappa shape index (κ1) is 9.87. The van der Waals surface area contributed by atoms with Crippen LogP contribution in [-0.4, -0.2) is 8.42 Å². The monoisotopic (exact) mass is 240 g/mol. The third-order valence-corrected chi connectivity index (χ3v) is 2.59. The molecule has 0 spiro atoms. The van der Waals surface area contributed by atoms with E-state index in [-0.39, 0.29) is 0 Å². The number of thiophene rings is 1. The van der Waals surface area contributed by atoms with E-state index in [9.17, 15) is 8.42 Å². The predicted molar refractivity (Wildman–Crippen MR) is 51.0 cm³/mol. The van der Waals surface area contributed by atoms with Gasteiger partial charge in [0, 0.05) is 10.7 Å². The Bertz CT molecular complexity index is 436. The molecular formula is C6H2Cl2O2S2. The molecule has 0 atom stereocenters. The van der Waals surface area contributed by atoms with Crippen LogP contribution in [0.3, 0.4) is 0 Å². The van der Waals surface area contributed by atoms with E-state index in [1.807, 2.05) is 5.25 Å². The summed E-state index contributed by atoms with van der Waals surface area (Å²) in [5.74, 6) is 2.37. The van der Waals surface area contributed by atoms with E-state index < -0.39 is 9.05 Å². The van der Waals surface area contributed by atoms with Gasteiger partial charge in [-0.15, -0.1) is 11.3 Å². The highest BCUT2D eigenvalue weighted by molar-refractivity contribution is 8.17. The van der Waals surface area contributed by atoms with Crippen molar-refractivity contribution in [3.05, 3.63) is 21.3 Å². The quantitative estimate of drug-likeness (QED) is 0.515. The maximum absolute atomic E-state index is 10.4. The van der Waals surface area contributed by atoms with Gasteiger partial charge in [-0.1, -0.05) is 11.6 Å². The summed E-state index contributed by atoms with van der Waals surface area (Å²) < 4.78 is 21.3. The normalized spacial score (nSPS) is 10.5. The van der Waals surface area contributed by atoms with E-state index in [2.05, 4.69) is 5.92 Å². The molecular weight excluding hydrogens is 239 g/mol. The van der Waals surface area contributed by atoms with E-state index in [1.165, 1.54) is 11.3 Å². The van der Waals surface area contributed by atoms with Crippen molar-refractivity contribution in [2.24, 2.45) is 0 Å². The average Bonchev–Trinajstić information content (AvgIpc) is 2.30. The lowest BCUT2D eigenvalue weighted by atomic mass is 10.5. The fourth-order valence-corrected chi connectivity index (χ4v) is 1.80. The molecule has 0 N–H and O–H groups in total. The Kier molecular flexibility index (Phi) is 3.02. The zero-order valence-corrected chi connectivity index (χ0v) is 8.69. The molecule has 0 amide bonds. The number of hydrogen-bond donors (Lipinski definition) is 0. The van der Waals surface area contributed by atoms with Crippen LogP contribution in [0.25, 0.3) is 0 Å². The van der Waals surface area contributed by atoms with Crippen molar-refractivity contribution in [3.63, 3.8) is 0 Å². The Labute approximate surface area is 83.5 Å². The van der Waals surface area contributed by atoms with Gasteiger partial charge < -0.3 is 0 Å². The Morgan fingerprint density at radius 3 is 2.50 bits per heavy atom. The molecule has 0 saturated carbocycles. The Balaban J connectivity index is 2.95. The van der Waals surface area contributed by atoms with E-state index in [4.69, 9.17) is 22.3 Å². The summed E-state index contributed by atoms with van der Waals surface area (Å²) in [5.41, 5.74) is 0. The van der Waals surface area contributed by atoms with Gasteiger partial charge >= 0.3 is 9.05 Å². The summed E-state index contributed by atoms with van der Waals surface area (Å²) in [6, 6.07) is 3.26. The summed E-state index contributed by atoms with van der Waals surface area (Å²) in [4.78, 5) is 0.573. The third kappa shape index (κ3) is 3.46. The second-order valence-corrected chi connectivity index (χ2v) is 5.78. The van der Waals surface area contributed by atoms with Gasteiger partial charge in [-0.3, -0.25) is 0 Å². The molecule has 0 fully saturated rings. The lowest BCUT2D eigenvalue weighted by Crippen LogP contribution is -1.79. The van der Waals surface area contributed by atoms with Gasteiger partial charge in [0.25, 0.3) is 0 Å². The van der Waals surface area contributed by atoms with Crippen molar-refractivity contribution >= 4 is 42.7 Å². The molecule has 2 nitrogen and oxygen atoms in total. The fourth-order valence-electron chi connectivity index (χ4n) is 0.493. The van der Waals surface area contributed by atoms with Crippen LogP contribution < -0.4 is 0 Å². The summed E-state index contributed by atoms with van der Waals surface area (Å²) in [5, 5.41) is 1.89. The topological polar surface area (TPSA) is 34.1 Å². The van der Waals surface area contributed by atoms with E-state index in [0.717, 1.165) is 0 Å². The van der Waals surface area contributed by atoms with Crippen molar-refractivity contribution in [1.29, 1.82) is 0 Å². The zero-order chi connectivity index (χ0) is 9.19. The molecule has 0 aromatic carbocycles. The molecule has 0 aliphatic carbocycles. The van der Waals surface area contributed by atoms with Gasteiger partial charge in [0.2, 0.25) is 0 Å². The Morgan fingerprint density at radius 2 is 2.08 bits per heavy atom. The van der Waals surface area contributed by atoms with Gasteiger partial charge in [-0.2, -0.15) is 8.42 Å². The van der Waals surface area contributed by atoms with Crippen LogP contribution in [0.15, 0.2) is 12.1 Å². The highest BCUT2D eigenvalue weighted by atomic mass is 35.7. The van der Waals surface area contributed by atoms with Gasteiger partial charge in [-0.05, 0) is 18.1 Å². The van der Waals surface area contributed by atoms with Crippen molar-refractivity contribution in [3.8, 4) is 11.2 Å². The van der Waals surface area contributed by atoms with Crippen LogP contribution in [0.2, 0.25) is 4.34 Å². The largest absolute Gasteiger partial charge is 0.301 e. The number of halogens is 2. The summed E-state index contributed by atoms with van der Waals surface area (Å²) >= 11 is 6.78. The van der Waals surface area contributed by atoms with Gasteiger partial charge in [0.05, 0.1) is 14.5 Å². The maximum atomic E-state index is 10.4. The number of rotatable bonds is 0.